The Balaban J connectivity index is 0.000000555. The third-order valence-electron chi connectivity index (χ3n) is 10.3. The van der Waals surface area contributed by atoms with Crippen molar-refractivity contribution in [2.45, 2.75) is 121 Å². The van der Waals surface area contributed by atoms with Gasteiger partial charge in [0.1, 0.15) is 0 Å². The Kier molecular flexibility index (Phi) is 30.8. The molecule has 0 heterocycles. The van der Waals surface area contributed by atoms with E-state index in [2.05, 4.69) is 225 Å². The summed E-state index contributed by atoms with van der Waals surface area (Å²) >= 11 is 0. The van der Waals surface area contributed by atoms with Gasteiger partial charge < -0.3 is 41.1 Å². The number of rotatable bonds is 10. The average molecular weight is 1060 g/mol. The zero-order valence-electron chi connectivity index (χ0n) is 47.9. The van der Waals surface area contributed by atoms with Gasteiger partial charge in [-0.1, -0.05) is 246 Å². The minimum atomic E-state index is -0.0434. The van der Waals surface area contributed by atoms with Crippen LogP contribution in [0.15, 0.2) is 179 Å². The molecule has 0 bridgehead atoms. The molecule has 388 valence electrons. The van der Waals surface area contributed by atoms with E-state index in [1.807, 2.05) is 88.2 Å². The molecule has 0 spiro atoms. The van der Waals surface area contributed by atoms with Crippen LogP contribution in [0.5, 0.6) is 0 Å². The number of aryl methyl sites for hydroxylation is 6. The van der Waals surface area contributed by atoms with Gasteiger partial charge in [-0.2, -0.15) is 11.4 Å². The van der Waals surface area contributed by atoms with Gasteiger partial charge in [-0.05, 0) is 118 Å². The smallest absolute Gasteiger partial charge is 0.662 e. The van der Waals surface area contributed by atoms with Gasteiger partial charge in [-0.15, -0.1) is 11.4 Å². The van der Waals surface area contributed by atoms with Crippen molar-refractivity contribution < 1.29 is 26.2 Å². The van der Waals surface area contributed by atoms with E-state index in [9.17, 15) is 0 Å². The maximum Gasteiger partial charge on any atom is 4.00 e. The minimum absolute atomic E-state index is 0. The summed E-state index contributed by atoms with van der Waals surface area (Å²) in [5, 5.41) is 19.5. The number of allylic oxidation sites excluding steroid dienone is 2. The molecule has 73 heavy (non-hydrogen) atoms. The Morgan fingerprint density at radius 1 is 0.397 bits per heavy atom. The fourth-order valence-electron chi connectivity index (χ4n) is 6.73. The van der Waals surface area contributed by atoms with Crippen molar-refractivity contribution in [1.29, 1.82) is 0 Å². The SMILES string of the molecule is CCN=C([N-]C(C)(C)C)N(C)C.CCN=C([N-]C(C)(C)C)N(C)C.Cc1cccc(C)c1[N-]/C(Cc1ccccc1)=C(/Cc1ccccc1)[N-]c1c(C)cccc1C.Cc1ccccc1.Cc1ccccc1.[Zr+4]. The molecule has 0 aliphatic rings. The number of guanidine groups is 2. The first-order valence-electron chi connectivity index (χ1n) is 25.3. The van der Waals surface area contributed by atoms with Crippen LogP contribution in [-0.4, -0.2) is 74.1 Å². The van der Waals surface area contributed by atoms with Crippen molar-refractivity contribution in [2.75, 3.05) is 41.3 Å². The van der Waals surface area contributed by atoms with Gasteiger partial charge in [0.05, 0.1) is 0 Å². The largest absolute Gasteiger partial charge is 4.00 e. The molecule has 6 rings (SSSR count). The second-order valence-electron chi connectivity index (χ2n) is 20.1. The van der Waals surface area contributed by atoms with Crippen molar-refractivity contribution in [2.24, 2.45) is 9.98 Å². The molecule has 0 amide bonds. The average Bonchev–Trinajstić information content (AvgIpc) is 3.32. The first-order valence-corrected chi connectivity index (χ1v) is 25.3. The maximum absolute atomic E-state index is 5.29. The molecule has 0 fully saturated rings. The van der Waals surface area contributed by atoms with Gasteiger partial charge in [0.15, 0.2) is 0 Å². The number of hydrogen-bond donors (Lipinski definition) is 0. The monoisotopic (exact) mass is 1060 g/mol. The summed E-state index contributed by atoms with van der Waals surface area (Å²) in [5.41, 5.74) is 13.8. The third kappa shape index (κ3) is 28.2. The summed E-state index contributed by atoms with van der Waals surface area (Å²) in [5.74, 6) is 1.65. The van der Waals surface area contributed by atoms with E-state index in [0.29, 0.717) is 0 Å². The van der Waals surface area contributed by atoms with Crippen LogP contribution >= 0.6 is 0 Å². The fourth-order valence-corrected chi connectivity index (χ4v) is 6.73. The van der Waals surface area contributed by atoms with Crippen LogP contribution in [0.4, 0.5) is 11.4 Å². The van der Waals surface area contributed by atoms with Gasteiger partial charge >= 0.3 is 26.2 Å². The van der Waals surface area contributed by atoms with E-state index in [1.54, 1.807) is 0 Å². The maximum atomic E-state index is 5.29. The number of hydrogen-bond acceptors (Lipinski definition) is 2. The number of nitrogens with zero attached hydrogens (tertiary/aromatic N) is 8. The van der Waals surface area contributed by atoms with E-state index >= 15 is 0 Å². The molecule has 0 aliphatic carbocycles. The van der Waals surface area contributed by atoms with Crippen molar-refractivity contribution in [3.8, 4) is 0 Å². The predicted octanol–water partition coefficient (Wildman–Crippen LogP) is 17.5. The zero-order valence-corrected chi connectivity index (χ0v) is 50.4. The first-order chi connectivity index (χ1) is 34.0. The standard InChI is InChI=1S/C32H32N2.2C9H20N3.2C7H8.Zr/c1-23-13-11-14-24(2)31(23)33-29(21-27-17-7-5-8-18-27)30(22-28-19-9-6-10-20-28)34-32-25(3)15-12-16-26(32)4;2*1-7-10-8(12(5)6)11-9(2,3)4;2*1-7-5-3-2-4-6-7;/h5-20H,21-22H2,1-4H3;2*7H2,1-6H3;2*2-6H,1H3;/q-2;2*-1;;;+4/b30-29-;;;;;. The summed E-state index contributed by atoms with van der Waals surface area (Å²) in [4.78, 5) is 12.4. The molecule has 0 radical (unpaired) electrons. The Morgan fingerprint density at radius 2 is 0.658 bits per heavy atom. The molecule has 9 heteroatoms. The Bertz CT molecular complexity index is 2290. The van der Waals surface area contributed by atoms with Crippen molar-refractivity contribution in [3.05, 3.63) is 235 Å². The molecule has 0 atom stereocenters. The predicted molar refractivity (Wildman–Crippen MR) is 317 cm³/mol. The van der Waals surface area contributed by atoms with Crippen LogP contribution < -0.4 is 0 Å². The van der Waals surface area contributed by atoms with Crippen molar-refractivity contribution >= 4 is 23.3 Å². The molecular weight excluding hydrogens is 972 g/mol. The van der Waals surface area contributed by atoms with Gasteiger partial charge in [0, 0.05) is 11.9 Å². The van der Waals surface area contributed by atoms with Crippen LogP contribution in [0.1, 0.15) is 99.9 Å². The molecule has 0 unspecified atom stereocenters. The summed E-state index contributed by atoms with van der Waals surface area (Å²) in [7, 11) is 7.85. The molecule has 0 saturated carbocycles. The summed E-state index contributed by atoms with van der Waals surface area (Å²) in [6.07, 6.45) is 1.45. The van der Waals surface area contributed by atoms with Gasteiger partial charge in [-0.3, -0.25) is 0 Å². The van der Waals surface area contributed by atoms with Crippen LogP contribution in [0.25, 0.3) is 21.3 Å². The zero-order chi connectivity index (χ0) is 53.7. The van der Waals surface area contributed by atoms with Crippen molar-refractivity contribution in [1.82, 2.24) is 9.80 Å². The number of aliphatic imine (C=N–C) groups is 2. The van der Waals surface area contributed by atoms with Gasteiger partial charge in [-0.25, -0.2) is 0 Å². The molecule has 8 nitrogen and oxygen atoms in total. The molecular formula is C64H88N8Zr. The molecule has 6 aromatic rings. The quantitative estimate of drug-likeness (QED) is 0.101. The summed E-state index contributed by atoms with van der Waals surface area (Å²) in [6, 6.07) is 54.4. The first kappa shape index (κ1) is 65.1. The molecule has 0 aliphatic heterocycles. The Hall–Kier alpha value is -5.92. The molecule has 0 saturated heterocycles. The van der Waals surface area contributed by atoms with E-state index in [4.69, 9.17) is 10.6 Å². The molecule has 0 aromatic heterocycles. The normalized spacial score (nSPS) is 11.4. The number of para-hydroxylation sites is 2. The Morgan fingerprint density at radius 3 is 0.863 bits per heavy atom. The van der Waals surface area contributed by atoms with Crippen LogP contribution in [-0.2, 0) is 39.0 Å². The second kappa shape index (κ2) is 34.5. The summed E-state index contributed by atoms with van der Waals surface area (Å²) in [6.45, 7) is 30.7. The third-order valence-corrected chi connectivity index (χ3v) is 10.3. The molecule has 6 aromatic carbocycles. The van der Waals surface area contributed by atoms with Crippen LogP contribution in [0.2, 0.25) is 0 Å². The van der Waals surface area contributed by atoms with E-state index < -0.39 is 0 Å². The van der Waals surface area contributed by atoms with Crippen LogP contribution in [0, 0.1) is 41.5 Å². The van der Waals surface area contributed by atoms with Crippen molar-refractivity contribution in [3.63, 3.8) is 0 Å². The fraction of sp³-hybridized carbons (Fsp3) is 0.375. The summed E-state index contributed by atoms with van der Waals surface area (Å²) < 4.78 is 0. The van der Waals surface area contributed by atoms with Gasteiger partial charge in [0.25, 0.3) is 0 Å². The minimum Gasteiger partial charge on any atom is -0.662 e. The second-order valence-corrected chi connectivity index (χ2v) is 20.1. The van der Waals surface area contributed by atoms with E-state index in [1.165, 1.54) is 44.5 Å². The van der Waals surface area contributed by atoms with E-state index in [-0.39, 0.29) is 37.3 Å². The van der Waals surface area contributed by atoms with E-state index in [0.717, 1.165) is 60.6 Å². The number of benzene rings is 6. The van der Waals surface area contributed by atoms with Gasteiger partial charge in [0.2, 0.25) is 0 Å². The molecule has 0 N–H and O–H groups in total. The van der Waals surface area contributed by atoms with Crippen LogP contribution in [0.3, 0.4) is 0 Å². The Labute approximate surface area is 463 Å². The topological polar surface area (TPSA) is 87.6 Å².